The highest BCUT2D eigenvalue weighted by Crippen LogP contribution is 2.19. The van der Waals surface area contributed by atoms with Gasteiger partial charge in [-0.3, -0.25) is 9.59 Å². The molecule has 0 bridgehead atoms. The van der Waals surface area contributed by atoms with Crippen molar-refractivity contribution in [3.63, 3.8) is 0 Å². The molecule has 2 N–H and O–H groups in total. The summed E-state index contributed by atoms with van der Waals surface area (Å²) in [6.07, 6.45) is -0.157. The summed E-state index contributed by atoms with van der Waals surface area (Å²) in [4.78, 5) is 25.5. The van der Waals surface area contributed by atoms with Crippen LogP contribution in [0.25, 0.3) is 0 Å². The van der Waals surface area contributed by atoms with Crippen LogP contribution in [0.5, 0.6) is 5.75 Å². The molecule has 1 atom stereocenters. The minimum Gasteiger partial charge on any atom is -0.481 e. The monoisotopic (exact) mass is 402 g/mol. The second-order valence-corrected chi connectivity index (χ2v) is 7.03. The van der Waals surface area contributed by atoms with E-state index in [-0.39, 0.29) is 11.8 Å². The summed E-state index contributed by atoms with van der Waals surface area (Å²) in [5, 5.41) is 5.74. The highest BCUT2D eigenvalue weighted by molar-refractivity contribution is 6.04. The van der Waals surface area contributed by atoms with Crippen molar-refractivity contribution in [3.8, 4) is 5.75 Å². The van der Waals surface area contributed by atoms with Gasteiger partial charge in [0, 0.05) is 6.54 Å². The fourth-order valence-corrected chi connectivity index (χ4v) is 2.98. The lowest BCUT2D eigenvalue weighted by molar-refractivity contribution is -0.122. The van der Waals surface area contributed by atoms with E-state index in [1.807, 2.05) is 68.4 Å². The number of benzene rings is 3. The quantitative estimate of drug-likeness (QED) is 0.573. The zero-order valence-corrected chi connectivity index (χ0v) is 17.2. The maximum atomic E-state index is 12.8. The number of carbonyl (C=O) groups is 2. The number of aryl methyl sites for hydroxylation is 1. The van der Waals surface area contributed by atoms with Crippen LogP contribution in [0.3, 0.4) is 0 Å². The Labute approximate surface area is 177 Å². The van der Waals surface area contributed by atoms with Gasteiger partial charge in [-0.05, 0) is 43.2 Å². The predicted molar refractivity (Wildman–Crippen MR) is 119 cm³/mol. The molecule has 0 aliphatic heterocycles. The van der Waals surface area contributed by atoms with Gasteiger partial charge >= 0.3 is 0 Å². The largest absolute Gasteiger partial charge is 0.481 e. The third-order valence-electron chi connectivity index (χ3n) is 4.69. The van der Waals surface area contributed by atoms with E-state index in [2.05, 4.69) is 10.6 Å². The molecule has 0 radical (unpaired) electrons. The second-order valence-electron chi connectivity index (χ2n) is 7.03. The highest BCUT2D eigenvalue weighted by Gasteiger charge is 2.21. The number of ether oxygens (including phenoxy) is 1. The summed E-state index contributed by atoms with van der Waals surface area (Å²) >= 11 is 0. The van der Waals surface area contributed by atoms with E-state index < -0.39 is 6.10 Å². The Morgan fingerprint density at radius 1 is 0.900 bits per heavy atom. The molecule has 154 valence electrons. The molecule has 0 spiro atoms. The molecular formula is C25H26N2O3. The van der Waals surface area contributed by atoms with Crippen LogP contribution < -0.4 is 15.4 Å². The van der Waals surface area contributed by atoms with E-state index >= 15 is 0 Å². The minimum atomic E-state index is -0.659. The molecule has 30 heavy (non-hydrogen) atoms. The lowest BCUT2D eigenvalue weighted by Crippen LogP contribution is -2.33. The molecule has 0 saturated heterocycles. The van der Waals surface area contributed by atoms with Crippen molar-refractivity contribution in [2.45, 2.75) is 32.9 Å². The van der Waals surface area contributed by atoms with Gasteiger partial charge in [0.25, 0.3) is 11.8 Å². The van der Waals surface area contributed by atoms with Crippen molar-refractivity contribution in [1.29, 1.82) is 0 Å². The normalized spacial score (nSPS) is 11.4. The van der Waals surface area contributed by atoms with Crippen LogP contribution in [0.1, 0.15) is 34.8 Å². The Morgan fingerprint density at radius 2 is 1.57 bits per heavy atom. The van der Waals surface area contributed by atoms with Crippen molar-refractivity contribution >= 4 is 17.5 Å². The van der Waals surface area contributed by atoms with Gasteiger partial charge in [0.15, 0.2) is 6.10 Å². The Hall–Kier alpha value is -3.60. The van der Waals surface area contributed by atoms with Crippen LogP contribution in [0, 0.1) is 6.92 Å². The molecule has 0 unspecified atom stereocenters. The number of hydrogen-bond acceptors (Lipinski definition) is 3. The number of para-hydroxylation sites is 1. The third-order valence-corrected chi connectivity index (χ3v) is 4.69. The Kier molecular flexibility index (Phi) is 7.22. The zero-order chi connectivity index (χ0) is 21.3. The standard InChI is InChI=1S/C25H26N2O3/c1-3-23(30-20-15-13-18(2)14-16-20)25(29)27-22-12-8-7-11-21(22)24(28)26-17-19-9-5-4-6-10-19/h4-16,23H,3,17H2,1-2H3,(H,26,28)(H,27,29)/t23-/m1/s1. The van der Waals surface area contributed by atoms with E-state index in [1.165, 1.54) is 0 Å². The summed E-state index contributed by atoms with van der Waals surface area (Å²) < 4.78 is 5.85. The van der Waals surface area contributed by atoms with E-state index in [9.17, 15) is 9.59 Å². The summed E-state index contributed by atoms with van der Waals surface area (Å²) in [7, 11) is 0. The lowest BCUT2D eigenvalue weighted by Gasteiger charge is -2.18. The van der Waals surface area contributed by atoms with E-state index in [1.54, 1.807) is 24.3 Å². The first-order chi connectivity index (χ1) is 14.6. The van der Waals surface area contributed by atoms with Gasteiger partial charge in [-0.25, -0.2) is 0 Å². The number of rotatable bonds is 8. The van der Waals surface area contributed by atoms with E-state index in [0.717, 1.165) is 11.1 Å². The maximum Gasteiger partial charge on any atom is 0.265 e. The van der Waals surface area contributed by atoms with Crippen LogP contribution in [-0.4, -0.2) is 17.9 Å². The van der Waals surface area contributed by atoms with Crippen LogP contribution in [0.4, 0.5) is 5.69 Å². The Bertz CT molecular complexity index is 985. The van der Waals surface area contributed by atoms with E-state index in [4.69, 9.17) is 4.74 Å². The fraction of sp³-hybridized carbons (Fsp3) is 0.200. The number of hydrogen-bond donors (Lipinski definition) is 2. The van der Waals surface area contributed by atoms with Crippen molar-refractivity contribution < 1.29 is 14.3 Å². The first kappa shape index (κ1) is 21.1. The van der Waals surface area contributed by atoms with Gasteiger partial charge in [0.05, 0.1) is 11.3 Å². The summed E-state index contributed by atoms with van der Waals surface area (Å²) in [6, 6.07) is 24.2. The molecule has 2 amide bonds. The predicted octanol–water partition coefficient (Wildman–Crippen LogP) is 4.72. The zero-order valence-electron chi connectivity index (χ0n) is 17.2. The lowest BCUT2D eigenvalue weighted by atomic mass is 10.1. The van der Waals surface area contributed by atoms with Gasteiger partial charge in [0.1, 0.15) is 5.75 Å². The SMILES string of the molecule is CC[C@@H](Oc1ccc(C)cc1)C(=O)Nc1ccccc1C(=O)NCc1ccccc1. The van der Waals surface area contributed by atoms with E-state index in [0.29, 0.717) is 30.0 Å². The molecule has 0 aliphatic rings. The van der Waals surface area contributed by atoms with Crippen molar-refractivity contribution in [1.82, 2.24) is 5.32 Å². The van der Waals surface area contributed by atoms with Gasteiger partial charge in [-0.1, -0.05) is 67.1 Å². The fourth-order valence-electron chi connectivity index (χ4n) is 2.98. The summed E-state index contributed by atoms with van der Waals surface area (Å²) in [6.45, 7) is 4.29. The second kappa shape index (κ2) is 10.3. The molecule has 0 heterocycles. The topological polar surface area (TPSA) is 67.4 Å². The van der Waals surface area contributed by atoms with Gasteiger partial charge < -0.3 is 15.4 Å². The molecule has 5 nitrogen and oxygen atoms in total. The molecule has 0 fully saturated rings. The minimum absolute atomic E-state index is 0.248. The number of nitrogens with one attached hydrogen (secondary N) is 2. The number of amides is 2. The molecule has 0 aliphatic carbocycles. The van der Waals surface area contributed by atoms with Crippen molar-refractivity contribution in [2.24, 2.45) is 0 Å². The number of anilines is 1. The van der Waals surface area contributed by atoms with Crippen molar-refractivity contribution in [2.75, 3.05) is 5.32 Å². The average Bonchev–Trinajstić information content (AvgIpc) is 2.78. The summed E-state index contributed by atoms with van der Waals surface area (Å²) in [5.41, 5.74) is 2.99. The van der Waals surface area contributed by atoms with Crippen LogP contribution in [0.15, 0.2) is 78.9 Å². The molecular weight excluding hydrogens is 376 g/mol. The maximum absolute atomic E-state index is 12.8. The van der Waals surface area contributed by atoms with Crippen LogP contribution >= 0.6 is 0 Å². The van der Waals surface area contributed by atoms with Crippen LogP contribution in [-0.2, 0) is 11.3 Å². The van der Waals surface area contributed by atoms with Gasteiger partial charge in [0.2, 0.25) is 0 Å². The first-order valence-corrected chi connectivity index (χ1v) is 10.0. The Balaban J connectivity index is 1.67. The van der Waals surface area contributed by atoms with Gasteiger partial charge in [-0.2, -0.15) is 0 Å². The van der Waals surface area contributed by atoms with Gasteiger partial charge in [-0.15, -0.1) is 0 Å². The average molecular weight is 402 g/mol. The highest BCUT2D eigenvalue weighted by atomic mass is 16.5. The number of carbonyl (C=O) groups excluding carboxylic acids is 2. The molecule has 0 saturated carbocycles. The molecule has 3 aromatic rings. The van der Waals surface area contributed by atoms with Crippen molar-refractivity contribution in [3.05, 3.63) is 95.6 Å². The third kappa shape index (κ3) is 5.70. The summed E-state index contributed by atoms with van der Waals surface area (Å²) in [5.74, 6) is 0.0973. The molecule has 3 aromatic carbocycles. The molecule has 0 aromatic heterocycles. The smallest absolute Gasteiger partial charge is 0.265 e. The molecule has 5 heteroatoms. The first-order valence-electron chi connectivity index (χ1n) is 10.0. The Morgan fingerprint density at radius 3 is 2.27 bits per heavy atom. The van der Waals surface area contributed by atoms with Crippen LogP contribution in [0.2, 0.25) is 0 Å². The molecule has 3 rings (SSSR count).